The third-order valence-corrected chi connectivity index (χ3v) is 13.2. The predicted molar refractivity (Wildman–Crippen MR) is 160 cm³/mol. The van der Waals surface area contributed by atoms with Crippen LogP contribution in [-0.2, 0) is 18.9 Å². The standard InChI is InChI=1S/C34H56O5Si/c1-28(2)21-36-33(37-22-28)18-17-31(13-9-19-40(6,7)8)27-11-14-30(5)26(25(27)10-15-32(31,35)20-33)12-16-34(30)38-23-29(3,4)24-39-34/h25-27,35H,10-18,20-24H2,1-8H3/t25-,26-,27-,30-,31+,32?/m0/s1. The van der Waals surface area contributed by atoms with E-state index in [0.717, 1.165) is 64.6 Å². The first kappa shape index (κ1) is 29.6. The number of aliphatic hydroxyl groups is 1. The van der Waals surface area contributed by atoms with Gasteiger partial charge in [-0.2, -0.15) is 0 Å². The molecule has 4 aliphatic carbocycles. The number of rotatable bonds is 1. The molecule has 0 aromatic carbocycles. The first-order valence-corrected chi connectivity index (χ1v) is 19.8. The molecule has 2 heterocycles. The molecule has 6 atom stereocenters. The predicted octanol–water partition coefficient (Wildman–Crippen LogP) is 6.93. The molecule has 5 nitrogen and oxygen atoms in total. The summed E-state index contributed by atoms with van der Waals surface area (Å²) in [7, 11) is -1.52. The maximum atomic E-state index is 12.8. The average Bonchev–Trinajstić information content (AvgIpc) is 3.15. The minimum absolute atomic E-state index is 0.0214. The van der Waals surface area contributed by atoms with Crippen molar-refractivity contribution in [3.63, 3.8) is 0 Å². The van der Waals surface area contributed by atoms with Crippen LogP contribution in [0.25, 0.3) is 0 Å². The Morgan fingerprint density at radius 1 is 0.725 bits per heavy atom. The van der Waals surface area contributed by atoms with Crippen molar-refractivity contribution in [2.24, 2.45) is 39.4 Å². The van der Waals surface area contributed by atoms with Crippen molar-refractivity contribution < 1.29 is 24.1 Å². The van der Waals surface area contributed by atoms with E-state index in [2.05, 4.69) is 65.7 Å². The molecule has 6 heteroatoms. The first-order valence-electron chi connectivity index (χ1n) is 16.3. The largest absolute Gasteiger partial charge is 0.389 e. The molecule has 0 aromatic rings. The highest BCUT2D eigenvalue weighted by Crippen LogP contribution is 2.72. The van der Waals surface area contributed by atoms with Crippen LogP contribution in [0.4, 0.5) is 0 Å². The molecule has 1 unspecified atom stereocenters. The van der Waals surface area contributed by atoms with Crippen LogP contribution >= 0.6 is 0 Å². The average molecular weight is 573 g/mol. The summed E-state index contributed by atoms with van der Waals surface area (Å²) in [5.74, 6) is 4.23. The van der Waals surface area contributed by atoms with Crippen LogP contribution in [0, 0.1) is 50.9 Å². The van der Waals surface area contributed by atoms with Gasteiger partial charge in [0, 0.05) is 47.3 Å². The molecule has 0 radical (unpaired) electrons. The van der Waals surface area contributed by atoms with Gasteiger partial charge in [-0.1, -0.05) is 54.3 Å². The van der Waals surface area contributed by atoms with Gasteiger partial charge < -0.3 is 24.1 Å². The van der Waals surface area contributed by atoms with Gasteiger partial charge in [-0.25, -0.2) is 0 Å². The van der Waals surface area contributed by atoms with Crippen LogP contribution in [0.2, 0.25) is 19.6 Å². The Morgan fingerprint density at radius 2 is 1.32 bits per heavy atom. The van der Waals surface area contributed by atoms with Gasteiger partial charge in [0.15, 0.2) is 11.6 Å². The maximum Gasteiger partial charge on any atom is 0.173 e. The smallest absolute Gasteiger partial charge is 0.173 e. The van der Waals surface area contributed by atoms with Gasteiger partial charge >= 0.3 is 0 Å². The molecule has 2 spiro atoms. The van der Waals surface area contributed by atoms with E-state index in [4.69, 9.17) is 18.9 Å². The van der Waals surface area contributed by atoms with Crippen molar-refractivity contribution in [1.29, 1.82) is 0 Å². The molecule has 6 fully saturated rings. The van der Waals surface area contributed by atoms with E-state index in [9.17, 15) is 5.11 Å². The Balaban J connectivity index is 1.31. The van der Waals surface area contributed by atoms with Gasteiger partial charge in [0.25, 0.3) is 0 Å². The number of hydrogen-bond acceptors (Lipinski definition) is 5. The first-order chi connectivity index (χ1) is 18.5. The quantitative estimate of drug-likeness (QED) is 0.273. The number of ether oxygens (including phenoxy) is 4. The summed E-state index contributed by atoms with van der Waals surface area (Å²) in [6.45, 7) is 21.3. The molecule has 0 aromatic heterocycles. The van der Waals surface area contributed by atoms with Crippen molar-refractivity contribution in [2.45, 2.75) is 136 Å². The van der Waals surface area contributed by atoms with E-state index in [1.807, 2.05) is 0 Å². The van der Waals surface area contributed by atoms with Gasteiger partial charge in [-0.15, -0.1) is 11.5 Å². The Labute approximate surface area is 244 Å². The normalized spacial score (nSPS) is 44.7. The van der Waals surface area contributed by atoms with Gasteiger partial charge in [0.05, 0.1) is 32.0 Å². The van der Waals surface area contributed by atoms with Crippen molar-refractivity contribution in [1.82, 2.24) is 0 Å². The zero-order chi connectivity index (χ0) is 28.9. The summed E-state index contributed by atoms with van der Waals surface area (Å²) in [4.78, 5) is 0. The highest BCUT2D eigenvalue weighted by molar-refractivity contribution is 6.83. The van der Waals surface area contributed by atoms with Crippen LogP contribution in [0.1, 0.15) is 98.8 Å². The fourth-order valence-electron chi connectivity index (χ4n) is 9.98. The van der Waals surface area contributed by atoms with E-state index in [1.165, 1.54) is 6.42 Å². The Morgan fingerprint density at radius 3 is 1.95 bits per heavy atom. The summed E-state index contributed by atoms with van der Waals surface area (Å²) in [5, 5.41) is 12.8. The summed E-state index contributed by atoms with van der Waals surface area (Å²) < 4.78 is 26.5. The monoisotopic (exact) mass is 572 g/mol. The number of hydrogen-bond donors (Lipinski definition) is 1. The maximum absolute atomic E-state index is 12.8. The lowest BCUT2D eigenvalue weighted by Gasteiger charge is -2.67. The molecule has 6 aliphatic rings. The molecule has 0 bridgehead atoms. The molecule has 40 heavy (non-hydrogen) atoms. The van der Waals surface area contributed by atoms with Crippen LogP contribution in [0.15, 0.2) is 0 Å². The highest BCUT2D eigenvalue weighted by atomic mass is 28.3. The van der Waals surface area contributed by atoms with Crippen LogP contribution in [-0.4, -0.2) is 56.8 Å². The Hall–Kier alpha value is -0.423. The fourth-order valence-corrected chi connectivity index (χ4v) is 10.6. The van der Waals surface area contributed by atoms with Gasteiger partial charge in [0.1, 0.15) is 8.07 Å². The summed E-state index contributed by atoms with van der Waals surface area (Å²) in [6, 6.07) is 0. The van der Waals surface area contributed by atoms with Crippen LogP contribution in [0.5, 0.6) is 0 Å². The van der Waals surface area contributed by atoms with E-state index < -0.39 is 25.2 Å². The number of fused-ring (bicyclic) bond motifs is 6. The third kappa shape index (κ3) is 4.60. The molecule has 2 aliphatic heterocycles. The van der Waals surface area contributed by atoms with Gasteiger partial charge in [-0.3, -0.25) is 0 Å². The lowest BCUT2D eigenvalue weighted by Crippen LogP contribution is -2.68. The zero-order valence-electron chi connectivity index (χ0n) is 26.7. The summed E-state index contributed by atoms with van der Waals surface area (Å²) in [6.07, 6.45) is 9.44. The lowest BCUT2D eigenvalue weighted by atomic mass is 9.42. The molecule has 1 N–H and O–H groups in total. The second kappa shape index (κ2) is 9.29. The third-order valence-electron chi connectivity index (χ3n) is 12.2. The topological polar surface area (TPSA) is 57.2 Å². The second-order valence-electron chi connectivity index (χ2n) is 17.7. The Bertz CT molecular complexity index is 1050. The molecular weight excluding hydrogens is 516 g/mol. The fraction of sp³-hybridized carbons (Fsp3) is 0.941. The van der Waals surface area contributed by atoms with E-state index in [-0.39, 0.29) is 21.7 Å². The molecule has 0 amide bonds. The van der Waals surface area contributed by atoms with Gasteiger partial charge in [0.2, 0.25) is 0 Å². The summed E-state index contributed by atoms with van der Waals surface area (Å²) >= 11 is 0. The van der Waals surface area contributed by atoms with E-state index >= 15 is 0 Å². The molecule has 2 saturated heterocycles. The lowest BCUT2D eigenvalue weighted by molar-refractivity contribution is -0.364. The zero-order valence-corrected chi connectivity index (χ0v) is 27.7. The van der Waals surface area contributed by atoms with Crippen LogP contribution < -0.4 is 0 Å². The summed E-state index contributed by atoms with van der Waals surface area (Å²) in [5.41, 5.74) is 2.78. The van der Waals surface area contributed by atoms with Crippen molar-refractivity contribution >= 4 is 8.07 Å². The SMILES string of the molecule is CC1(C)COC2(CC[C@]3(CC#C[Si](C)(C)C)[C@H]4CC[C@@]5(C)[C@@H](CCC56OCC(C)(C)CO6)[C@@H]4CCC3(O)C2)OC1. The Kier molecular flexibility index (Phi) is 6.88. The molecule has 226 valence electrons. The van der Waals surface area contributed by atoms with E-state index in [1.54, 1.807) is 0 Å². The molecule has 4 saturated carbocycles. The second-order valence-corrected chi connectivity index (χ2v) is 22.4. The van der Waals surface area contributed by atoms with Gasteiger partial charge in [-0.05, 0) is 56.3 Å². The van der Waals surface area contributed by atoms with Crippen molar-refractivity contribution in [2.75, 3.05) is 26.4 Å². The van der Waals surface area contributed by atoms with Crippen molar-refractivity contribution in [3.05, 3.63) is 0 Å². The highest BCUT2D eigenvalue weighted by Gasteiger charge is 2.71. The molecule has 6 rings (SSSR count). The minimum Gasteiger partial charge on any atom is -0.389 e. The minimum atomic E-state index is -1.52. The van der Waals surface area contributed by atoms with E-state index in [0.29, 0.717) is 37.4 Å². The molecular formula is C34H56O5Si. The van der Waals surface area contributed by atoms with Crippen LogP contribution in [0.3, 0.4) is 0 Å². The van der Waals surface area contributed by atoms with Crippen molar-refractivity contribution in [3.8, 4) is 11.5 Å².